The lowest BCUT2D eigenvalue weighted by molar-refractivity contribution is 0.574. The van der Waals surface area contributed by atoms with E-state index in [1.54, 1.807) is 12.5 Å². The maximum atomic E-state index is 5.45. The molecule has 0 bridgehead atoms. The summed E-state index contributed by atoms with van der Waals surface area (Å²) in [6.45, 7) is 0. The molecule has 0 spiro atoms. The Morgan fingerprint density at radius 2 is 1.85 bits per heavy atom. The third-order valence-electron chi connectivity index (χ3n) is 3.70. The summed E-state index contributed by atoms with van der Waals surface area (Å²) in [5.41, 5.74) is 6.26. The third kappa shape index (κ3) is 1.77. The first-order valence-corrected chi connectivity index (χ1v) is 6.69. The number of aromatic nitrogens is 1. The number of hydrogen-bond acceptors (Lipinski definition) is 2. The van der Waals surface area contributed by atoms with Crippen LogP contribution in [0, 0.1) is 0 Å². The summed E-state index contributed by atoms with van der Waals surface area (Å²) >= 11 is 0. The van der Waals surface area contributed by atoms with Gasteiger partial charge in [-0.15, -0.1) is 0 Å². The third-order valence-corrected chi connectivity index (χ3v) is 3.70. The summed E-state index contributed by atoms with van der Waals surface area (Å²) in [4.78, 5) is 4.27. The molecule has 1 aromatic heterocycles. The van der Waals surface area contributed by atoms with Crippen molar-refractivity contribution in [2.45, 2.75) is 6.42 Å². The minimum absolute atomic E-state index is 0.687. The molecule has 1 aliphatic carbocycles. The normalized spacial score (nSPS) is 13.1. The number of benzene rings is 2. The van der Waals surface area contributed by atoms with Gasteiger partial charge in [-0.05, 0) is 40.8 Å². The molecule has 0 N–H and O–H groups in total. The van der Waals surface area contributed by atoms with Crippen molar-refractivity contribution in [3.05, 3.63) is 77.7 Å². The van der Waals surface area contributed by atoms with Crippen molar-refractivity contribution in [1.82, 2.24) is 4.98 Å². The van der Waals surface area contributed by atoms with Crippen molar-refractivity contribution >= 4 is 11.6 Å². The Labute approximate surface area is 117 Å². The van der Waals surface area contributed by atoms with Gasteiger partial charge in [-0.3, -0.25) is 0 Å². The predicted molar refractivity (Wildman–Crippen MR) is 80.0 cm³/mol. The van der Waals surface area contributed by atoms with Crippen molar-refractivity contribution < 1.29 is 4.42 Å². The highest BCUT2D eigenvalue weighted by molar-refractivity contribution is 5.92. The van der Waals surface area contributed by atoms with Crippen LogP contribution >= 0.6 is 0 Å². The quantitative estimate of drug-likeness (QED) is 0.680. The van der Waals surface area contributed by atoms with E-state index < -0.39 is 0 Å². The van der Waals surface area contributed by atoms with Crippen molar-refractivity contribution in [2.75, 3.05) is 0 Å². The van der Waals surface area contributed by atoms with Crippen molar-refractivity contribution in [3.63, 3.8) is 0 Å². The van der Waals surface area contributed by atoms with Gasteiger partial charge >= 0.3 is 0 Å². The Bertz CT molecular complexity index is 770. The lowest BCUT2D eigenvalue weighted by atomic mass is 10.0. The average Bonchev–Trinajstić information content (AvgIpc) is 3.17. The topological polar surface area (TPSA) is 26.0 Å². The van der Waals surface area contributed by atoms with Crippen LogP contribution in [-0.2, 0) is 6.42 Å². The van der Waals surface area contributed by atoms with Gasteiger partial charge in [0.05, 0.1) is 6.20 Å². The van der Waals surface area contributed by atoms with Gasteiger partial charge in [0.15, 0.2) is 0 Å². The van der Waals surface area contributed by atoms with E-state index in [-0.39, 0.29) is 0 Å². The van der Waals surface area contributed by atoms with Crippen LogP contribution in [0.25, 0.3) is 23.1 Å². The van der Waals surface area contributed by atoms with E-state index in [0.29, 0.717) is 5.89 Å². The molecule has 96 valence electrons. The average molecular weight is 259 g/mol. The highest BCUT2D eigenvalue weighted by Crippen LogP contribution is 2.36. The Balaban J connectivity index is 1.83. The van der Waals surface area contributed by atoms with Crippen LogP contribution in [0.2, 0.25) is 0 Å². The molecule has 2 heteroatoms. The van der Waals surface area contributed by atoms with Crippen LogP contribution in [0.3, 0.4) is 0 Å². The standard InChI is InChI=1S/C18H13NO/c1-2-5-13(6-3-1)15-11-14-7-4-8-16(17(14)12-15)18-19-9-10-20-18/h1-10,12H,11H2. The molecule has 0 radical (unpaired) electrons. The van der Waals surface area contributed by atoms with Gasteiger partial charge in [0.2, 0.25) is 5.89 Å². The van der Waals surface area contributed by atoms with Crippen LogP contribution < -0.4 is 0 Å². The van der Waals surface area contributed by atoms with Gasteiger partial charge in [0, 0.05) is 5.56 Å². The van der Waals surface area contributed by atoms with Crippen molar-refractivity contribution in [2.24, 2.45) is 0 Å². The summed E-state index contributed by atoms with van der Waals surface area (Å²) in [5.74, 6) is 0.687. The fourth-order valence-electron chi connectivity index (χ4n) is 2.75. The van der Waals surface area contributed by atoms with E-state index in [9.17, 15) is 0 Å². The molecule has 0 atom stereocenters. The molecule has 2 aromatic carbocycles. The molecule has 3 aromatic rings. The molecule has 0 saturated heterocycles. The maximum Gasteiger partial charge on any atom is 0.226 e. The lowest BCUT2D eigenvalue weighted by Crippen LogP contribution is -1.87. The Morgan fingerprint density at radius 3 is 2.65 bits per heavy atom. The van der Waals surface area contributed by atoms with Gasteiger partial charge in [0.25, 0.3) is 0 Å². The molecular formula is C18H13NO. The summed E-state index contributed by atoms with van der Waals surface area (Å²) in [6.07, 6.45) is 6.52. The monoisotopic (exact) mass is 259 g/mol. The fraction of sp³-hybridized carbons (Fsp3) is 0.0556. The first kappa shape index (κ1) is 11.2. The minimum Gasteiger partial charge on any atom is -0.445 e. The van der Waals surface area contributed by atoms with Crippen molar-refractivity contribution in [3.8, 4) is 11.5 Å². The molecule has 0 saturated carbocycles. The zero-order valence-electron chi connectivity index (χ0n) is 10.9. The van der Waals surface area contributed by atoms with E-state index in [4.69, 9.17) is 4.42 Å². The molecule has 20 heavy (non-hydrogen) atoms. The predicted octanol–water partition coefficient (Wildman–Crippen LogP) is 4.44. The van der Waals surface area contributed by atoms with Crippen LogP contribution in [0.1, 0.15) is 16.7 Å². The van der Waals surface area contributed by atoms with Crippen LogP contribution in [-0.4, -0.2) is 4.98 Å². The second-order valence-corrected chi connectivity index (χ2v) is 4.93. The highest BCUT2D eigenvalue weighted by atomic mass is 16.3. The highest BCUT2D eigenvalue weighted by Gasteiger charge is 2.18. The van der Waals surface area contributed by atoms with E-state index in [0.717, 1.165) is 12.0 Å². The summed E-state index contributed by atoms with van der Waals surface area (Å²) in [6, 6.07) is 16.8. The molecule has 0 fully saturated rings. The van der Waals surface area contributed by atoms with Gasteiger partial charge in [-0.2, -0.15) is 0 Å². The zero-order valence-corrected chi connectivity index (χ0v) is 10.9. The van der Waals surface area contributed by atoms with Crippen LogP contribution in [0.15, 0.2) is 65.4 Å². The number of rotatable bonds is 2. The first-order valence-electron chi connectivity index (χ1n) is 6.69. The fourth-order valence-corrected chi connectivity index (χ4v) is 2.75. The molecule has 0 aliphatic heterocycles. The number of hydrogen-bond donors (Lipinski definition) is 0. The van der Waals surface area contributed by atoms with E-state index in [1.807, 2.05) is 6.07 Å². The number of fused-ring (bicyclic) bond motifs is 1. The second kappa shape index (κ2) is 4.49. The molecular weight excluding hydrogens is 246 g/mol. The van der Waals surface area contributed by atoms with Gasteiger partial charge in [0.1, 0.15) is 6.26 Å². The van der Waals surface area contributed by atoms with Gasteiger partial charge < -0.3 is 4.42 Å². The molecule has 0 amide bonds. The number of allylic oxidation sites excluding steroid dienone is 1. The number of oxazole rings is 1. The maximum absolute atomic E-state index is 5.45. The number of nitrogens with zero attached hydrogens (tertiary/aromatic N) is 1. The molecule has 1 heterocycles. The van der Waals surface area contributed by atoms with Crippen LogP contribution in [0.4, 0.5) is 0 Å². The van der Waals surface area contributed by atoms with Crippen molar-refractivity contribution in [1.29, 1.82) is 0 Å². The van der Waals surface area contributed by atoms with Gasteiger partial charge in [-0.25, -0.2) is 4.98 Å². The molecule has 2 nitrogen and oxygen atoms in total. The summed E-state index contributed by atoms with van der Waals surface area (Å²) in [5, 5.41) is 0. The Kier molecular flexibility index (Phi) is 2.52. The summed E-state index contributed by atoms with van der Waals surface area (Å²) < 4.78 is 5.45. The van der Waals surface area contributed by atoms with E-state index >= 15 is 0 Å². The summed E-state index contributed by atoms with van der Waals surface area (Å²) in [7, 11) is 0. The van der Waals surface area contributed by atoms with Crippen LogP contribution in [0.5, 0.6) is 0 Å². The van der Waals surface area contributed by atoms with E-state index in [2.05, 4.69) is 53.5 Å². The largest absolute Gasteiger partial charge is 0.445 e. The molecule has 1 aliphatic rings. The Hall–Kier alpha value is -2.61. The Morgan fingerprint density at radius 1 is 0.950 bits per heavy atom. The van der Waals surface area contributed by atoms with Gasteiger partial charge in [-0.1, -0.05) is 42.5 Å². The second-order valence-electron chi connectivity index (χ2n) is 4.93. The minimum atomic E-state index is 0.687. The molecule has 0 unspecified atom stereocenters. The van der Waals surface area contributed by atoms with E-state index in [1.165, 1.54) is 22.3 Å². The first-order chi connectivity index (χ1) is 9.92. The smallest absolute Gasteiger partial charge is 0.226 e. The molecule has 4 rings (SSSR count). The SMILES string of the molecule is C1=C(c2ccccc2)Cc2cccc(-c3ncco3)c21. The lowest BCUT2D eigenvalue weighted by Gasteiger charge is -2.03. The zero-order chi connectivity index (χ0) is 13.4.